The van der Waals surface area contributed by atoms with E-state index in [1.807, 2.05) is 0 Å². The van der Waals surface area contributed by atoms with Gasteiger partial charge >= 0.3 is 6.18 Å². The number of aromatic nitrogens is 5. The van der Waals surface area contributed by atoms with E-state index < -0.39 is 11.7 Å². The summed E-state index contributed by atoms with van der Waals surface area (Å²) in [6, 6.07) is 2.08. The molecule has 0 bridgehead atoms. The molecular formula is C13H13F3N6O2S. The van der Waals surface area contributed by atoms with Gasteiger partial charge in [-0.25, -0.2) is 9.67 Å². The first-order valence-electron chi connectivity index (χ1n) is 7.16. The third-order valence-corrected chi connectivity index (χ3v) is 4.45. The molecular weight excluding hydrogens is 361 g/mol. The number of thioether (sulfide) groups is 1. The number of tetrazole rings is 1. The molecule has 134 valence electrons. The highest BCUT2D eigenvalue weighted by molar-refractivity contribution is 7.99. The molecule has 0 aromatic carbocycles. The minimum Gasteiger partial charge on any atom is -0.471 e. The molecule has 0 radical (unpaired) electrons. The van der Waals surface area contributed by atoms with Crippen molar-refractivity contribution >= 4 is 17.7 Å². The average Bonchev–Trinajstić information content (AvgIpc) is 2.93. The number of halogens is 3. The van der Waals surface area contributed by atoms with E-state index in [4.69, 9.17) is 4.74 Å². The summed E-state index contributed by atoms with van der Waals surface area (Å²) in [6.07, 6.45) is -3.99. The van der Waals surface area contributed by atoms with Crippen LogP contribution in [0.3, 0.4) is 0 Å². The number of carbonyl (C=O) groups is 1. The van der Waals surface area contributed by atoms with E-state index in [-0.39, 0.29) is 23.6 Å². The van der Waals surface area contributed by atoms with E-state index in [9.17, 15) is 18.0 Å². The Morgan fingerprint density at radius 3 is 2.72 bits per heavy atom. The fourth-order valence-corrected chi connectivity index (χ4v) is 2.82. The van der Waals surface area contributed by atoms with Gasteiger partial charge in [0.05, 0.1) is 24.4 Å². The van der Waals surface area contributed by atoms with Crippen molar-refractivity contribution in [3.8, 4) is 5.88 Å². The first-order valence-corrected chi connectivity index (χ1v) is 8.14. The predicted octanol–water partition coefficient (Wildman–Crippen LogP) is 1.01. The lowest BCUT2D eigenvalue weighted by molar-refractivity contribution is -0.138. The summed E-state index contributed by atoms with van der Waals surface area (Å²) in [6.45, 7) is 0.721. The van der Waals surface area contributed by atoms with Crippen LogP contribution in [0.2, 0.25) is 0 Å². The van der Waals surface area contributed by atoms with Crippen LogP contribution < -0.4 is 4.74 Å². The highest BCUT2D eigenvalue weighted by Crippen LogP contribution is 2.29. The number of ether oxygens (including phenoxy) is 1. The number of likely N-dealkylation sites (tertiary alicyclic amines) is 1. The number of rotatable bonds is 5. The Morgan fingerprint density at radius 2 is 2.16 bits per heavy atom. The normalized spacial score (nSPS) is 15.1. The highest BCUT2D eigenvalue weighted by atomic mass is 32.2. The largest absolute Gasteiger partial charge is 0.471 e. The number of pyridine rings is 1. The van der Waals surface area contributed by atoms with Gasteiger partial charge in [-0.1, -0.05) is 11.8 Å². The minimum atomic E-state index is -4.43. The maximum Gasteiger partial charge on any atom is 0.417 e. The lowest BCUT2D eigenvalue weighted by Crippen LogP contribution is -2.56. The van der Waals surface area contributed by atoms with Gasteiger partial charge in [0.2, 0.25) is 16.9 Å². The van der Waals surface area contributed by atoms with Crippen molar-refractivity contribution in [1.29, 1.82) is 0 Å². The van der Waals surface area contributed by atoms with Crippen LogP contribution in [0.1, 0.15) is 5.56 Å². The molecule has 3 heterocycles. The molecule has 0 unspecified atom stereocenters. The van der Waals surface area contributed by atoms with Gasteiger partial charge in [-0.05, 0) is 16.5 Å². The Labute approximate surface area is 144 Å². The maximum absolute atomic E-state index is 12.5. The molecule has 1 amide bonds. The monoisotopic (exact) mass is 374 g/mol. The van der Waals surface area contributed by atoms with E-state index in [0.717, 1.165) is 12.3 Å². The van der Waals surface area contributed by atoms with Crippen molar-refractivity contribution < 1.29 is 22.7 Å². The van der Waals surface area contributed by atoms with Crippen LogP contribution in [0.4, 0.5) is 13.2 Å². The van der Waals surface area contributed by atoms with Crippen molar-refractivity contribution in [1.82, 2.24) is 30.1 Å². The summed E-state index contributed by atoms with van der Waals surface area (Å²) in [5.41, 5.74) is -0.833. The number of aryl methyl sites for hydroxylation is 1. The van der Waals surface area contributed by atoms with Crippen molar-refractivity contribution in [2.75, 3.05) is 18.8 Å². The smallest absolute Gasteiger partial charge is 0.417 e. The Bertz CT molecular complexity index is 745. The lowest BCUT2D eigenvalue weighted by Gasteiger charge is -2.38. The van der Waals surface area contributed by atoms with Crippen LogP contribution in [0.5, 0.6) is 5.88 Å². The fourth-order valence-electron chi connectivity index (χ4n) is 2.07. The summed E-state index contributed by atoms with van der Waals surface area (Å²) in [5.74, 6) is 0.206. The molecule has 2 aromatic heterocycles. The van der Waals surface area contributed by atoms with Gasteiger partial charge in [0, 0.05) is 19.3 Å². The third-order valence-electron chi connectivity index (χ3n) is 3.46. The fraction of sp³-hybridized carbons (Fsp3) is 0.462. The molecule has 8 nitrogen and oxygen atoms in total. The van der Waals surface area contributed by atoms with Crippen LogP contribution in [0, 0.1) is 0 Å². The first-order chi connectivity index (χ1) is 11.8. The van der Waals surface area contributed by atoms with Crippen LogP contribution in [0.25, 0.3) is 0 Å². The molecule has 1 fully saturated rings. The molecule has 0 N–H and O–H groups in total. The van der Waals surface area contributed by atoms with Crippen LogP contribution >= 0.6 is 11.8 Å². The molecule has 0 aliphatic carbocycles. The second kappa shape index (κ2) is 6.86. The standard InChI is InChI=1S/C13H13F3N6O2S/c1-21-12(18-19-20-21)25-7-11(23)22-5-9(6-22)24-10-3-2-8(4-17-10)13(14,15)16/h2-4,9H,5-7H2,1H3. The molecule has 3 rings (SSSR count). The number of carbonyl (C=O) groups excluding carboxylic acids is 1. The molecule has 1 aliphatic rings. The minimum absolute atomic E-state index is 0.0896. The molecule has 12 heteroatoms. The van der Waals surface area contributed by atoms with Gasteiger partial charge in [-0.15, -0.1) is 5.10 Å². The van der Waals surface area contributed by atoms with Gasteiger partial charge in [0.25, 0.3) is 0 Å². The first kappa shape index (κ1) is 17.5. The van der Waals surface area contributed by atoms with Crippen molar-refractivity contribution in [2.24, 2.45) is 7.05 Å². The quantitative estimate of drug-likeness (QED) is 0.722. The van der Waals surface area contributed by atoms with Crippen LogP contribution in [-0.4, -0.2) is 60.9 Å². The summed E-state index contributed by atoms with van der Waals surface area (Å²) in [4.78, 5) is 17.2. The Morgan fingerprint density at radius 1 is 1.40 bits per heavy atom. The summed E-state index contributed by atoms with van der Waals surface area (Å²) in [5, 5.41) is 11.4. The topological polar surface area (TPSA) is 86.0 Å². The molecule has 0 spiro atoms. The maximum atomic E-state index is 12.5. The second-order valence-corrected chi connectivity index (χ2v) is 6.24. The predicted molar refractivity (Wildman–Crippen MR) is 79.8 cm³/mol. The molecule has 0 saturated carbocycles. The Balaban J connectivity index is 1.43. The molecule has 1 saturated heterocycles. The zero-order valence-electron chi connectivity index (χ0n) is 13.0. The van der Waals surface area contributed by atoms with E-state index >= 15 is 0 Å². The van der Waals surface area contributed by atoms with E-state index in [1.165, 1.54) is 22.5 Å². The van der Waals surface area contributed by atoms with Gasteiger partial charge < -0.3 is 9.64 Å². The number of alkyl halides is 3. The van der Waals surface area contributed by atoms with Crippen LogP contribution in [-0.2, 0) is 18.0 Å². The van der Waals surface area contributed by atoms with Crippen LogP contribution in [0.15, 0.2) is 23.5 Å². The zero-order chi connectivity index (χ0) is 18.0. The van der Waals surface area contributed by atoms with Gasteiger partial charge in [-0.3, -0.25) is 4.79 Å². The van der Waals surface area contributed by atoms with Gasteiger partial charge in [0.15, 0.2) is 0 Å². The van der Waals surface area contributed by atoms with E-state index in [2.05, 4.69) is 20.5 Å². The third kappa shape index (κ3) is 4.18. The highest BCUT2D eigenvalue weighted by Gasteiger charge is 2.33. The molecule has 1 aliphatic heterocycles. The SMILES string of the molecule is Cn1nnnc1SCC(=O)N1CC(Oc2ccc(C(F)(F)F)cn2)C1. The van der Waals surface area contributed by atoms with Gasteiger partial charge in [-0.2, -0.15) is 13.2 Å². The Kier molecular flexibility index (Phi) is 4.79. The summed E-state index contributed by atoms with van der Waals surface area (Å²) < 4.78 is 44.3. The van der Waals surface area contributed by atoms with E-state index in [1.54, 1.807) is 11.9 Å². The number of nitrogens with zero attached hydrogens (tertiary/aromatic N) is 6. The second-order valence-electron chi connectivity index (χ2n) is 5.30. The van der Waals surface area contributed by atoms with Crippen molar-refractivity contribution in [2.45, 2.75) is 17.4 Å². The molecule has 25 heavy (non-hydrogen) atoms. The molecule has 2 aromatic rings. The summed E-state index contributed by atoms with van der Waals surface area (Å²) >= 11 is 1.22. The molecule has 0 atom stereocenters. The lowest BCUT2D eigenvalue weighted by atomic mass is 10.1. The van der Waals surface area contributed by atoms with Crippen molar-refractivity contribution in [3.05, 3.63) is 23.9 Å². The Hall–Kier alpha value is -2.37. The number of hydrogen-bond acceptors (Lipinski definition) is 7. The van der Waals surface area contributed by atoms with Gasteiger partial charge in [0.1, 0.15) is 6.10 Å². The number of hydrogen-bond donors (Lipinski definition) is 0. The number of amides is 1. The van der Waals surface area contributed by atoms with E-state index in [0.29, 0.717) is 18.2 Å². The summed E-state index contributed by atoms with van der Waals surface area (Å²) in [7, 11) is 1.68. The average molecular weight is 374 g/mol. The zero-order valence-corrected chi connectivity index (χ0v) is 13.8. The van der Waals surface area contributed by atoms with Crippen molar-refractivity contribution in [3.63, 3.8) is 0 Å².